The quantitative estimate of drug-likeness (QED) is 0.812. The van der Waals surface area contributed by atoms with Crippen LogP contribution in [0.4, 0.5) is 13.2 Å². The fourth-order valence-corrected chi connectivity index (χ4v) is 2.39. The van der Waals surface area contributed by atoms with Crippen LogP contribution in [0, 0.1) is 6.92 Å². The van der Waals surface area contributed by atoms with E-state index < -0.39 is 11.7 Å². The smallest absolute Gasteiger partial charge is 0.417 e. The van der Waals surface area contributed by atoms with Gasteiger partial charge in [-0.15, -0.1) is 5.10 Å². The van der Waals surface area contributed by atoms with Crippen LogP contribution in [-0.2, 0) is 6.18 Å². The van der Waals surface area contributed by atoms with Crippen molar-refractivity contribution in [2.45, 2.75) is 33.0 Å². The Labute approximate surface area is 146 Å². The van der Waals surface area contributed by atoms with E-state index in [9.17, 15) is 13.2 Å². The van der Waals surface area contributed by atoms with E-state index in [1.54, 1.807) is 13.0 Å². The third kappa shape index (κ3) is 4.35. The Hall–Kier alpha value is -1.87. The lowest BCUT2D eigenvalue weighted by molar-refractivity contribution is -0.137. The summed E-state index contributed by atoms with van der Waals surface area (Å²) in [4.78, 5) is 3.60. The summed E-state index contributed by atoms with van der Waals surface area (Å²) < 4.78 is 44.6. The van der Waals surface area contributed by atoms with Gasteiger partial charge < -0.3 is 10.1 Å². The molecule has 2 aromatic rings. The molecule has 0 aliphatic heterocycles. The van der Waals surface area contributed by atoms with Crippen molar-refractivity contribution in [2.24, 2.45) is 0 Å². The van der Waals surface area contributed by atoms with Gasteiger partial charge in [-0.2, -0.15) is 13.2 Å². The standard InChI is InChI=1S/C14H14ClF3N4OS/c1-7(2)20-13(24)22-8(3)4-11(21-22)23-12-10(15)5-9(6-19-12)14(16,17)18/h4-7H,1-3H3,(H,20,24). The number of aryl methyl sites for hydroxylation is 1. The maximum Gasteiger partial charge on any atom is 0.417 e. The van der Waals surface area contributed by atoms with Gasteiger partial charge in [-0.1, -0.05) is 11.6 Å². The average Bonchev–Trinajstić information content (AvgIpc) is 2.80. The van der Waals surface area contributed by atoms with Gasteiger partial charge in [-0.25, -0.2) is 9.67 Å². The summed E-state index contributed by atoms with van der Waals surface area (Å²) in [6, 6.07) is 2.44. The van der Waals surface area contributed by atoms with Crippen LogP contribution in [0.1, 0.15) is 25.1 Å². The van der Waals surface area contributed by atoms with Crippen molar-refractivity contribution >= 4 is 28.9 Å². The van der Waals surface area contributed by atoms with Crippen LogP contribution in [0.2, 0.25) is 5.02 Å². The molecule has 0 spiro atoms. The molecule has 2 aromatic heterocycles. The summed E-state index contributed by atoms with van der Waals surface area (Å²) in [7, 11) is 0. The monoisotopic (exact) mass is 378 g/mol. The molecule has 24 heavy (non-hydrogen) atoms. The van der Waals surface area contributed by atoms with Gasteiger partial charge in [0.25, 0.3) is 0 Å². The first-order chi connectivity index (χ1) is 11.1. The van der Waals surface area contributed by atoms with E-state index in [0.29, 0.717) is 17.0 Å². The zero-order valence-electron chi connectivity index (χ0n) is 13.0. The number of aromatic nitrogens is 3. The van der Waals surface area contributed by atoms with Crippen LogP contribution in [0.5, 0.6) is 11.8 Å². The lowest BCUT2D eigenvalue weighted by atomic mass is 10.3. The Balaban J connectivity index is 2.22. The predicted octanol–water partition coefficient (Wildman–Crippen LogP) is 4.18. The van der Waals surface area contributed by atoms with Gasteiger partial charge in [0, 0.05) is 24.0 Å². The fourth-order valence-electron chi connectivity index (χ4n) is 1.76. The van der Waals surface area contributed by atoms with Gasteiger partial charge in [0.2, 0.25) is 11.8 Å². The zero-order valence-corrected chi connectivity index (χ0v) is 14.6. The Kier molecular flexibility index (Phi) is 5.34. The molecule has 0 radical (unpaired) electrons. The normalized spacial score (nSPS) is 11.7. The van der Waals surface area contributed by atoms with Crippen LogP contribution in [-0.4, -0.2) is 25.9 Å². The van der Waals surface area contributed by atoms with Crippen LogP contribution < -0.4 is 10.1 Å². The molecule has 0 atom stereocenters. The molecule has 0 saturated heterocycles. The number of pyridine rings is 1. The van der Waals surface area contributed by atoms with E-state index in [-0.39, 0.29) is 22.8 Å². The molecule has 0 amide bonds. The average molecular weight is 379 g/mol. The van der Waals surface area contributed by atoms with Crippen LogP contribution in [0.25, 0.3) is 0 Å². The highest BCUT2D eigenvalue weighted by atomic mass is 35.5. The molecule has 0 aliphatic rings. The largest absolute Gasteiger partial charge is 0.417 e. The first-order valence-corrected chi connectivity index (χ1v) is 7.64. The highest BCUT2D eigenvalue weighted by Gasteiger charge is 2.32. The number of hydrogen-bond acceptors (Lipinski definition) is 4. The summed E-state index contributed by atoms with van der Waals surface area (Å²) in [6.07, 6.45) is -3.88. The molecule has 0 aliphatic carbocycles. The molecule has 2 rings (SSSR count). The number of rotatable bonds is 3. The maximum absolute atomic E-state index is 12.6. The second-order valence-corrected chi connectivity index (χ2v) is 6.04. The Morgan fingerprint density at radius 2 is 2.04 bits per heavy atom. The predicted molar refractivity (Wildman–Crippen MR) is 87.6 cm³/mol. The van der Waals surface area contributed by atoms with Crippen molar-refractivity contribution in [1.82, 2.24) is 20.1 Å². The van der Waals surface area contributed by atoms with E-state index in [0.717, 1.165) is 6.07 Å². The van der Waals surface area contributed by atoms with E-state index >= 15 is 0 Å². The Morgan fingerprint density at radius 1 is 1.38 bits per heavy atom. The molecule has 0 fully saturated rings. The lowest BCUT2D eigenvalue weighted by Gasteiger charge is -2.11. The molecule has 1 N–H and O–H groups in total. The number of nitrogens with one attached hydrogen (secondary N) is 1. The number of nitrogens with zero attached hydrogens (tertiary/aromatic N) is 3. The number of hydrogen-bond donors (Lipinski definition) is 1. The van der Waals surface area contributed by atoms with Crippen LogP contribution >= 0.6 is 23.8 Å². The highest BCUT2D eigenvalue weighted by molar-refractivity contribution is 7.80. The van der Waals surface area contributed by atoms with Crippen molar-refractivity contribution in [1.29, 1.82) is 0 Å². The molecule has 0 aromatic carbocycles. The van der Waals surface area contributed by atoms with Gasteiger partial charge in [-0.3, -0.25) is 0 Å². The number of ether oxygens (including phenoxy) is 1. The molecule has 0 bridgehead atoms. The van der Waals surface area contributed by atoms with Gasteiger partial charge in [0.05, 0.1) is 5.56 Å². The van der Waals surface area contributed by atoms with E-state index in [4.69, 9.17) is 28.6 Å². The first-order valence-electron chi connectivity index (χ1n) is 6.86. The molecule has 0 saturated carbocycles. The fraction of sp³-hybridized carbons (Fsp3) is 0.357. The lowest BCUT2D eigenvalue weighted by Crippen LogP contribution is -2.34. The van der Waals surface area contributed by atoms with Crippen molar-refractivity contribution in [3.63, 3.8) is 0 Å². The van der Waals surface area contributed by atoms with Gasteiger partial charge in [-0.05, 0) is 39.1 Å². The minimum absolute atomic E-state index is 0.120. The van der Waals surface area contributed by atoms with Gasteiger partial charge in [0.15, 0.2) is 5.11 Å². The summed E-state index contributed by atoms with van der Waals surface area (Å²) in [5.74, 6) is -0.0494. The van der Waals surface area contributed by atoms with Crippen molar-refractivity contribution in [3.05, 3.63) is 34.6 Å². The van der Waals surface area contributed by atoms with Crippen molar-refractivity contribution < 1.29 is 17.9 Å². The summed E-state index contributed by atoms with van der Waals surface area (Å²) in [6.45, 7) is 5.61. The van der Waals surface area contributed by atoms with Gasteiger partial charge >= 0.3 is 6.18 Å². The van der Waals surface area contributed by atoms with E-state index in [1.807, 2.05) is 13.8 Å². The number of alkyl halides is 3. The Morgan fingerprint density at radius 3 is 2.58 bits per heavy atom. The highest BCUT2D eigenvalue weighted by Crippen LogP contribution is 2.34. The summed E-state index contributed by atoms with van der Waals surface area (Å²) >= 11 is 11.0. The van der Waals surface area contributed by atoms with Crippen molar-refractivity contribution in [3.8, 4) is 11.8 Å². The summed E-state index contributed by atoms with van der Waals surface area (Å²) in [5, 5.41) is 7.28. The van der Waals surface area contributed by atoms with Crippen molar-refractivity contribution in [2.75, 3.05) is 0 Å². The minimum atomic E-state index is -4.53. The van der Waals surface area contributed by atoms with Crippen LogP contribution in [0.3, 0.4) is 0 Å². The molecular weight excluding hydrogens is 365 g/mol. The molecule has 0 unspecified atom stereocenters. The maximum atomic E-state index is 12.6. The molecule has 5 nitrogen and oxygen atoms in total. The third-order valence-electron chi connectivity index (χ3n) is 2.81. The Bertz CT molecular complexity index is 761. The minimum Gasteiger partial charge on any atom is -0.417 e. The SMILES string of the molecule is Cc1cc(Oc2ncc(C(F)(F)F)cc2Cl)nn1C(=S)NC(C)C. The topological polar surface area (TPSA) is 52.0 Å². The van der Waals surface area contributed by atoms with Crippen LogP contribution in [0.15, 0.2) is 18.3 Å². The molecule has 130 valence electrons. The van der Waals surface area contributed by atoms with E-state index in [2.05, 4.69) is 15.4 Å². The number of halogens is 4. The second-order valence-electron chi connectivity index (χ2n) is 5.25. The molecule has 2 heterocycles. The van der Waals surface area contributed by atoms with Gasteiger partial charge in [0.1, 0.15) is 5.02 Å². The number of thiocarbonyl (C=S) groups is 1. The first kappa shape index (κ1) is 18.5. The third-order valence-corrected chi connectivity index (χ3v) is 3.37. The van der Waals surface area contributed by atoms with E-state index in [1.165, 1.54) is 4.68 Å². The molecule has 10 heteroatoms. The zero-order chi connectivity index (χ0) is 18.1. The summed E-state index contributed by atoms with van der Waals surface area (Å²) in [5.41, 5.74) is -0.268. The second kappa shape index (κ2) is 6.94. The molecular formula is C14H14ClF3N4OS.